The molecule has 1 aromatic heterocycles. The van der Waals surface area contributed by atoms with Gasteiger partial charge in [-0.3, -0.25) is 14.6 Å². The van der Waals surface area contributed by atoms with Crippen molar-refractivity contribution < 1.29 is 19.1 Å². The van der Waals surface area contributed by atoms with Gasteiger partial charge in [0.25, 0.3) is 0 Å². The maximum atomic E-state index is 13.7. The predicted octanol–water partition coefficient (Wildman–Crippen LogP) is 2.70. The van der Waals surface area contributed by atoms with Crippen molar-refractivity contribution in [2.45, 2.75) is 19.3 Å². The zero-order valence-corrected chi connectivity index (χ0v) is 14.2. The number of hydrogen-bond donors (Lipinski definition) is 2. The fourth-order valence-corrected chi connectivity index (χ4v) is 3.16. The number of carbonyl (C=O) groups excluding carboxylic acids is 1. The first-order valence-corrected chi connectivity index (χ1v) is 8.49. The molecule has 0 unspecified atom stereocenters. The van der Waals surface area contributed by atoms with E-state index in [2.05, 4.69) is 15.2 Å². The molecule has 2 heterocycles. The first-order valence-electron chi connectivity index (χ1n) is 8.49. The molecule has 0 spiro atoms. The number of halogens is 1. The maximum absolute atomic E-state index is 13.7. The molecule has 2 N–H and O–H groups in total. The summed E-state index contributed by atoms with van der Waals surface area (Å²) in [6, 6.07) is 7.83. The second-order valence-electron chi connectivity index (χ2n) is 6.36. The Kier molecular flexibility index (Phi) is 5.46. The molecule has 136 valence electrons. The minimum Gasteiger partial charge on any atom is -0.481 e. The van der Waals surface area contributed by atoms with Gasteiger partial charge in [-0.25, -0.2) is 4.39 Å². The van der Waals surface area contributed by atoms with Crippen molar-refractivity contribution in [2.75, 3.05) is 23.3 Å². The van der Waals surface area contributed by atoms with E-state index in [1.165, 1.54) is 18.2 Å². The molecule has 1 fully saturated rings. The van der Waals surface area contributed by atoms with Crippen LogP contribution in [-0.2, 0) is 16.0 Å². The molecule has 1 aliphatic heterocycles. The summed E-state index contributed by atoms with van der Waals surface area (Å²) in [5.41, 5.74) is 1.44. The molecule has 26 heavy (non-hydrogen) atoms. The van der Waals surface area contributed by atoms with Crippen LogP contribution in [0.15, 0.2) is 42.7 Å². The van der Waals surface area contributed by atoms with Gasteiger partial charge >= 0.3 is 5.97 Å². The number of carbonyl (C=O) groups is 2. The molecule has 1 amide bonds. The Balaban J connectivity index is 1.67. The fraction of sp³-hybridized carbons (Fsp3) is 0.316. The smallest absolute Gasteiger partial charge is 0.307 e. The molecule has 6 nitrogen and oxygen atoms in total. The highest BCUT2D eigenvalue weighted by molar-refractivity contribution is 5.93. The van der Waals surface area contributed by atoms with E-state index in [0.717, 1.165) is 25.1 Å². The Morgan fingerprint density at radius 1 is 1.35 bits per heavy atom. The highest BCUT2D eigenvalue weighted by Crippen LogP contribution is 2.24. The van der Waals surface area contributed by atoms with Crippen molar-refractivity contribution in [1.29, 1.82) is 0 Å². The van der Waals surface area contributed by atoms with Crippen LogP contribution in [0.1, 0.15) is 18.4 Å². The van der Waals surface area contributed by atoms with Crippen LogP contribution in [0.25, 0.3) is 0 Å². The molecule has 2 aromatic rings. The molecule has 1 saturated heterocycles. The number of carboxylic acid groups (broad SMARTS) is 1. The highest BCUT2D eigenvalue weighted by atomic mass is 19.1. The van der Waals surface area contributed by atoms with Crippen LogP contribution in [0.5, 0.6) is 0 Å². The Morgan fingerprint density at radius 2 is 2.19 bits per heavy atom. The lowest BCUT2D eigenvalue weighted by Gasteiger charge is -2.33. The first-order chi connectivity index (χ1) is 12.5. The van der Waals surface area contributed by atoms with Gasteiger partial charge in [-0.15, -0.1) is 0 Å². The van der Waals surface area contributed by atoms with Crippen molar-refractivity contribution in [1.82, 2.24) is 4.98 Å². The zero-order chi connectivity index (χ0) is 18.5. The Morgan fingerprint density at radius 3 is 2.92 bits per heavy atom. The molecule has 0 bridgehead atoms. The SMILES string of the molecule is O=C(O)Cc1cc(NC(=O)[C@@H]2CCCN(c3cccnc3)C2)ccc1F. The van der Waals surface area contributed by atoms with Crippen LogP contribution in [-0.4, -0.2) is 35.1 Å². The predicted molar refractivity (Wildman–Crippen MR) is 95.5 cm³/mol. The average molecular weight is 357 g/mol. The van der Waals surface area contributed by atoms with Crippen molar-refractivity contribution in [3.63, 3.8) is 0 Å². The zero-order valence-electron chi connectivity index (χ0n) is 14.2. The number of rotatable bonds is 5. The van der Waals surface area contributed by atoms with E-state index in [4.69, 9.17) is 5.11 Å². The van der Waals surface area contributed by atoms with Crippen LogP contribution in [0, 0.1) is 11.7 Å². The van der Waals surface area contributed by atoms with Gasteiger partial charge in [0.15, 0.2) is 0 Å². The lowest BCUT2D eigenvalue weighted by molar-refractivity contribution is -0.136. The topological polar surface area (TPSA) is 82.5 Å². The minimum absolute atomic E-state index is 0.0518. The largest absolute Gasteiger partial charge is 0.481 e. The second-order valence-corrected chi connectivity index (χ2v) is 6.36. The summed E-state index contributed by atoms with van der Waals surface area (Å²) in [5, 5.41) is 11.6. The van der Waals surface area contributed by atoms with Gasteiger partial charge in [-0.05, 0) is 43.2 Å². The van der Waals surface area contributed by atoms with Gasteiger partial charge in [0.1, 0.15) is 5.82 Å². The molecule has 1 aliphatic rings. The van der Waals surface area contributed by atoms with Gasteiger partial charge in [0.05, 0.1) is 24.2 Å². The number of benzene rings is 1. The van der Waals surface area contributed by atoms with Crippen LogP contribution in [0.2, 0.25) is 0 Å². The number of aromatic nitrogens is 1. The number of carboxylic acids is 1. The van der Waals surface area contributed by atoms with Gasteiger partial charge < -0.3 is 15.3 Å². The van der Waals surface area contributed by atoms with Crippen LogP contribution >= 0.6 is 0 Å². The van der Waals surface area contributed by atoms with Crippen molar-refractivity contribution in [3.05, 3.63) is 54.1 Å². The minimum atomic E-state index is -1.12. The van der Waals surface area contributed by atoms with Crippen LogP contribution < -0.4 is 10.2 Å². The van der Waals surface area contributed by atoms with E-state index in [1.54, 1.807) is 12.4 Å². The van der Waals surface area contributed by atoms with E-state index in [-0.39, 0.29) is 17.4 Å². The summed E-state index contributed by atoms with van der Waals surface area (Å²) in [4.78, 5) is 29.6. The molecule has 0 radical (unpaired) electrons. The number of pyridine rings is 1. The summed E-state index contributed by atoms with van der Waals surface area (Å²) in [5.74, 6) is -2.05. The number of nitrogens with one attached hydrogen (secondary N) is 1. The number of aliphatic carboxylic acids is 1. The molecule has 0 saturated carbocycles. The summed E-state index contributed by atoms with van der Waals surface area (Å²) >= 11 is 0. The average Bonchev–Trinajstić information content (AvgIpc) is 2.65. The van der Waals surface area contributed by atoms with Crippen molar-refractivity contribution in [3.8, 4) is 0 Å². The lowest BCUT2D eigenvalue weighted by Crippen LogP contribution is -2.40. The second kappa shape index (κ2) is 7.95. The third kappa shape index (κ3) is 4.36. The molecular weight excluding hydrogens is 337 g/mol. The lowest BCUT2D eigenvalue weighted by atomic mass is 9.96. The first kappa shape index (κ1) is 17.8. The molecular formula is C19H20FN3O3. The summed E-state index contributed by atoms with van der Waals surface area (Å²) < 4.78 is 13.7. The van der Waals surface area contributed by atoms with E-state index in [1.807, 2.05) is 12.1 Å². The van der Waals surface area contributed by atoms with Crippen LogP contribution in [0.3, 0.4) is 0 Å². The summed E-state index contributed by atoms with van der Waals surface area (Å²) in [7, 11) is 0. The number of piperidine rings is 1. The molecule has 1 atom stereocenters. The quantitative estimate of drug-likeness (QED) is 0.860. The standard InChI is InChI=1S/C19H20FN3O3/c20-17-6-5-15(9-14(17)10-18(24)25)22-19(26)13-3-2-8-23(12-13)16-4-1-7-21-11-16/h1,4-7,9,11,13H,2-3,8,10,12H2,(H,22,26)(H,24,25)/t13-/m1/s1. The van der Waals surface area contributed by atoms with E-state index >= 15 is 0 Å². The number of anilines is 2. The molecule has 7 heteroatoms. The maximum Gasteiger partial charge on any atom is 0.307 e. The van der Waals surface area contributed by atoms with Crippen LogP contribution in [0.4, 0.5) is 15.8 Å². The fourth-order valence-electron chi connectivity index (χ4n) is 3.16. The third-order valence-corrected chi connectivity index (χ3v) is 4.46. The third-order valence-electron chi connectivity index (χ3n) is 4.46. The molecule has 0 aliphatic carbocycles. The van der Waals surface area contributed by atoms with Gasteiger partial charge in [0, 0.05) is 30.5 Å². The molecule has 3 rings (SSSR count). The van der Waals surface area contributed by atoms with E-state index in [9.17, 15) is 14.0 Å². The van der Waals surface area contributed by atoms with Crippen molar-refractivity contribution >= 4 is 23.3 Å². The Bertz CT molecular complexity index is 798. The van der Waals surface area contributed by atoms with Gasteiger partial charge in [-0.2, -0.15) is 0 Å². The summed E-state index contributed by atoms with van der Waals surface area (Å²) in [6.45, 7) is 1.45. The number of amides is 1. The summed E-state index contributed by atoms with van der Waals surface area (Å²) in [6.07, 6.45) is 4.72. The highest BCUT2D eigenvalue weighted by Gasteiger charge is 2.26. The Hall–Kier alpha value is -2.96. The Labute approximate surface area is 150 Å². The van der Waals surface area contributed by atoms with Gasteiger partial charge in [0.2, 0.25) is 5.91 Å². The number of hydrogen-bond acceptors (Lipinski definition) is 4. The van der Waals surface area contributed by atoms with E-state index in [0.29, 0.717) is 12.2 Å². The van der Waals surface area contributed by atoms with E-state index < -0.39 is 18.2 Å². The van der Waals surface area contributed by atoms with Crippen molar-refractivity contribution in [2.24, 2.45) is 5.92 Å². The normalized spacial score (nSPS) is 17.0. The monoisotopic (exact) mass is 357 g/mol. The van der Waals surface area contributed by atoms with Gasteiger partial charge in [-0.1, -0.05) is 0 Å². The molecule has 1 aromatic carbocycles. The number of nitrogens with zero attached hydrogens (tertiary/aromatic N) is 2.